The van der Waals surface area contributed by atoms with Crippen LogP contribution in [0.5, 0.6) is 11.6 Å². The number of hydrogen-bond acceptors (Lipinski definition) is 5. The van der Waals surface area contributed by atoms with Gasteiger partial charge in [0.25, 0.3) is 0 Å². The van der Waals surface area contributed by atoms with Gasteiger partial charge in [0.1, 0.15) is 11.6 Å². The monoisotopic (exact) mass is 339 g/mol. The first-order valence-electron chi connectivity index (χ1n) is 7.48. The summed E-state index contributed by atoms with van der Waals surface area (Å²) in [6.07, 6.45) is 3.15. The first-order valence-corrected chi connectivity index (χ1v) is 8.26. The lowest BCUT2D eigenvalue weighted by atomic mass is 10.2. The van der Waals surface area contributed by atoms with Crippen LogP contribution in [-0.4, -0.2) is 9.97 Å². The summed E-state index contributed by atoms with van der Waals surface area (Å²) >= 11 is 1.60. The summed E-state index contributed by atoms with van der Waals surface area (Å²) in [6.45, 7) is 2.53. The fourth-order valence-electron chi connectivity index (χ4n) is 2.53. The predicted molar refractivity (Wildman–Crippen MR) is 91.7 cm³/mol. The van der Waals surface area contributed by atoms with Crippen molar-refractivity contribution in [2.45, 2.75) is 18.4 Å². The third-order valence-corrected chi connectivity index (χ3v) is 4.85. The van der Waals surface area contributed by atoms with Gasteiger partial charge in [-0.1, -0.05) is 18.2 Å². The van der Waals surface area contributed by atoms with Gasteiger partial charge in [-0.25, -0.2) is 9.37 Å². The highest BCUT2D eigenvalue weighted by Crippen LogP contribution is 2.40. The Labute approximate surface area is 143 Å². The van der Waals surface area contributed by atoms with Gasteiger partial charge in [0.15, 0.2) is 0 Å². The van der Waals surface area contributed by atoms with Crippen LogP contribution < -0.4 is 9.04 Å². The Morgan fingerprint density at radius 1 is 1.12 bits per heavy atom. The van der Waals surface area contributed by atoms with E-state index in [1.165, 1.54) is 22.6 Å². The minimum absolute atomic E-state index is 0.347. The molecule has 0 aliphatic carbocycles. The number of hydrogen-bond donors (Lipinski definition) is 0. The van der Waals surface area contributed by atoms with Crippen molar-refractivity contribution in [1.82, 2.24) is 9.97 Å². The molecule has 6 heteroatoms. The number of nitrogens with zero attached hydrogens (tertiary/aromatic N) is 3. The third kappa shape index (κ3) is 2.92. The molecule has 24 heavy (non-hydrogen) atoms. The van der Waals surface area contributed by atoms with E-state index in [0.29, 0.717) is 17.3 Å². The molecule has 4 nitrogen and oxygen atoms in total. The second-order valence-corrected chi connectivity index (χ2v) is 6.49. The average molecular weight is 339 g/mol. The van der Waals surface area contributed by atoms with E-state index in [-0.39, 0.29) is 5.82 Å². The molecule has 0 saturated carbocycles. The fraction of sp³-hybridized carbons (Fsp3) is 0.111. The lowest BCUT2D eigenvalue weighted by Gasteiger charge is -2.17. The normalized spacial score (nSPS) is 13.0. The largest absolute Gasteiger partial charge is 0.437 e. The maximum absolute atomic E-state index is 14.1. The molecule has 0 radical (unpaired) electrons. The number of benzene rings is 2. The zero-order valence-electron chi connectivity index (χ0n) is 12.9. The molecule has 1 aliphatic heterocycles. The van der Waals surface area contributed by atoms with Crippen LogP contribution in [0.2, 0.25) is 0 Å². The highest BCUT2D eigenvalue weighted by Gasteiger charge is 2.21. The molecule has 0 saturated heterocycles. The standard InChI is InChI=1S/C18H14FN3OS/c1-12-18(21-7-6-20-12)23-16-9-14(19)8-15(10-16)22-11-13-4-2-3-5-17(13)24-22/h2-10H,11H2,1H3. The molecule has 4 rings (SSSR count). The molecule has 3 aromatic rings. The van der Waals surface area contributed by atoms with Crippen LogP contribution in [0.1, 0.15) is 11.3 Å². The van der Waals surface area contributed by atoms with E-state index in [0.717, 1.165) is 12.2 Å². The number of halogens is 1. The molecule has 2 aromatic carbocycles. The summed E-state index contributed by atoms with van der Waals surface area (Å²) in [4.78, 5) is 9.45. The van der Waals surface area contributed by atoms with E-state index in [1.807, 2.05) is 22.5 Å². The molecule has 2 heterocycles. The molecule has 1 aliphatic rings. The van der Waals surface area contributed by atoms with Crippen molar-refractivity contribution in [1.29, 1.82) is 0 Å². The Morgan fingerprint density at radius 3 is 2.79 bits per heavy atom. The Kier molecular flexibility index (Phi) is 3.82. The molecule has 0 atom stereocenters. The van der Waals surface area contributed by atoms with Crippen molar-refractivity contribution in [2.75, 3.05) is 4.31 Å². The Balaban J connectivity index is 1.62. The van der Waals surface area contributed by atoms with Crippen LogP contribution in [0.3, 0.4) is 0 Å². The molecule has 0 N–H and O–H groups in total. The highest BCUT2D eigenvalue weighted by molar-refractivity contribution is 8.01. The van der Waals surface area contributed by atoms with E-state index < -0.39 is 0 Å². The summed E-state index contributed by atoms with van der Waals surface area (Å²) in [5, 5.41) is 0. The van der Waals surface area contributed by atoms with Crippen molar-refractivity contribution in [2.24, 2.45) is 0 Å². The van der Waals surface area contributed by atoms with Gasteiger partial charge in [-0.3, -0.25) is 4.98 Å². The summed E-state index contributed by atoms with van der Waals surface area (Å²) in [7, 11) is 0. The lowest BCUT2D eigenvalue weighted by Crippen LogP contribution is -2.07. The summed E-state index contributed by atoms with van der Waals surface area (Å²) in [6, 6.07) is 12.9. The maximum Gasteiger partial charge on any atom is 0.240 e. The van der Waals surface area contributed by atoms with E-state index >= 15 is 0 Å². The topological polar surface area (TPSA) is 38.3 Å². The van der Waals surface area contributed by atoms with E-state index in [9.17, 15) is 4.39 Å². The number of fused-ring (bicyclic) bond motifs is 1. The third-order valence-electron chi connectivity index (χ3n) is 3.69. The minimum Gasteiger partial charge on any atom is -0.437 e. The Morgan fingerprint density at radius 2 is 1.96 bits per heavy atom. The van der Waals surface area contributed by atoms with Crippen LogP contribution in [0.4, 0.5) is 10.1 Å². The van der Waals surface area contributed by atoms with Gasteiger partial charge in [-0.2, -0.15) is 0 Å². The predicted octanol–water partition coefficient (Wildman–Crippen LogP) is 4.74. The molecule has 0 fully saturated rings. The van der Waals surface area contributed by atoms with Gasteiger partial charge >= 0.3 is 0 Å². The van der Waals surface area contributed by atoms with Crippen LogP contribution in [0.25, 0.3) is 0 Å². The van der Waals surface area contributed by atoms with E-state index in [2.05, 4.69) is 22.1 Å². The number of anilines is 1. The Hall–Kier alpha value is -2.60. The molecular formula is C18H14FN3OS. The smallest absolute Gasteiger partial charge is 0.240 e. The van der Waals surface area contributed by atoms with Crippen LogP contribution in [0.15, 0.2) is 59.8 Å². The van der Waals surface area contributed by atoms with Gasteiger partial charge in [-0.15, -0.1) is 0 Å². The van der Waals surface area contributed by atoms with Gasteiger partial charge in [-0.05, 0) is 36.6 Å². The van der Waals surface area contributed by atoms with Gasteiger partial charge in [0.2, 0.25) is 5.88 Å². The number of rotatable bonds is 3. The summed E-state index contributed by atoms with van der Waals surface area (Å²) in [5.41, 5.74) is 2.65. The van der Waals surface area contributed by atoms with Crippen LogP contribution in [0, 0.1) is 12.7 Å². The summed E-state index contributed by atoms with van der Waals surface area (Å²) in [5.74, 6) is 0.442. The Bertz CT molecular complexity index is 878. The zero-order valence-corrected chi connectivity index (χ0v) is 13.8. The van der Waals surface area contributed by atoms with Crippen LogP contribution in [-0.2, 0) is 6.54 Å². The fourth-order valence-corrected chi connectivity index (χ4v) is 3.57. The van der Waals surface area contributed by atoms with Crippen molar-refractivity contribution in [3.8, 4) is 11.6 Å². The molecule has 0 bridgehead atoms. The quantitative estimate of drug-likeness (QED) is 0.644. The number of aryl methyl sites for hydroxylation is 1. The second-order valence-electron chi connectivity index (χ2n) is 5.43. The van der Waals surface area contributed by atoms with E-state index in [1.54, 1.807) is 31.3 Å². The van der Waals surface area contributed by atoms with Gasteiger partial charge in [0.05, 0.1) is 17.9 Å². The van der Waals surface area contributed by atoms with Gasteiger partial charge in [0, 0.05) is 29.4 Å². The van der Waals surface area contributed by atoms with E-state index in [4.69, 9.17) is 4.74 Å². The summed E-state index contributed by atoms with van der Waals surface area (Å²) < 4.78 is 21.8. The number of aromatic nitrogens is 2. The minimum atomic E-state index is -0.347. The SMILES string of the molecule is Cc1nccnc1Oc1cc(F)cc(N2Cc3ccccc3S2)c1. The number of ether oxygens (including phenoxy) is 1. The van der Waals surface area contributed by atoms with Gasteiger partial charge < -0.3 is 9.04 Å². The molecule has 0 unspecified atom stereocenters. The first-order chi connectivity index (χ1) is 11.7. The first kappa shape index (κ1) is 15.0. The molecule has 0 amide bonds. The van der Waals surface area contributed by atoms with Crippen LogP contribution >= 0.6 is 11.9 Å². The molecular weight excluding hydrogens is 325 g/mol. The zero-order chi connectivity index (χ0) is 16.5. The van der Waals surface area contributed by atoms with Crippen molar-refractivity contribution < 1.29 is 9.13 Å². The lowest BCUT2D eigenvalue weighted by molar-refractivity contribution is 0.451. The molecule has 120 valence electrons. The molecule has 1 aromatic heterocycles. The molecule has 0 spiro atoms. The average Bonchev–Trinajstić information content (AvgIpc) is 3.01. The highest BCUT2D eigenvalue weighted by atomic mass is 32.2. The van der Waals surface area contributed by atoms with Crippen molar-refractivity contribution >= 4 is 17.6 Å². The maximum atomic E-state index is 14.1. The second kappa shape index (κ2) is 6.13. The van der Waals surface area contributed by atoms with Crippen molar-refractivity contribution in [3.05, 3.63) is 71.9 Å². The van der Waals surface area contributed by atoms with Crippen molar-refractivity contribution in [3.63, 3.8) is 0 Å².